The summed E-state index contributed by atoms with van der Waals surface area (Å²) in [5.41, 5.74) is 8.29. The predicted octanol–water partition coefficient (Wildman–Crippen LogP) is 2.61. The van der Waals surface area contributed by atoms with E-state index in [1.54, 1.807) is 18.5 Å². The lowest BCUT2D eigenvalue weighted by atomic mass is 10.1. The quantitative estimate of drug-likeness (QED) is 0.849. The van der Waals surface area contributed by atoms with Crippen LogP contribution in [0.1, 0.15) is 24.5 Å². The number of pyridine rings is 1. The normalized spacial score (nSPS) is 12.4. The summed E-state index contributed by atoms with van der Waals surface area (Å²) >= 11 is 1.48. The fourth-order valence-electron chi connectivity index (χ4n) is 1.71. The minimum absolute atomic E-state index is 0.206. The molecular weight excluding hydrogens is 256 g/mol. The molecule has 0 spiro atoms. The molecule has 4 nitrogen and oxygen atoms in total. The summed E-state index contributed by atoms with van der Waals surface area (Å²) in [7, 11) is 0. The van der Waals surface area contributed by atoms with Gasteiger partial charge >= 0.3 is 0 Å². The van der Waals surface area contributed by atoms with Crippen LogP contribution in [0.25, 0.3) is 0 Å². The SMILES string of the molecule is CCC(N)Cc1cnc(Sc2ncccn2)c(C)c1. The van der Waals surface area contributed by atoms with Gasteiger partial charge in [-0.05, 0) is 48.7 Å². The number of hydrogen-bond donors (Lipinski definition) is 1. The Labute approximate surface area is 117 Å². The lowest BCUT2D eigenvalue weighted by Crippen LogP contribution is -2.21. The standard InChI is InChI=1S/C14H18N4S/c1-3-12(15)8-11-7-10(2)13(18-9-11)19-14-16-5-4-6-17-14/h4-7,9,12H,3,8,15H2,1-2H3. The Balaban J connectivity index is 2.11. The maximum Gasteiger partial charge on any atom is 0.193 e. The van der Waals surface area contributed by atoms with Crippen molar-refractivity contribution in [3.63, 3.8) is 0 Å². The average molecular weight is 274 g/mol. The summed E-state index contributed by atoms with van der Waals surface area (Å²) < 4.78 is 0. The van der Waals surface area contributed by atoms with Gasteiger partial charge in [-0.3, -0.25) is 0 Å². The zero-order valence-electron chi connectivity index (χ0n) is 11.2. The van der Waals surface area contributed by atoms with Crippen molar-refractivity contribution < 1.29 is 0 Å². The second kappa shape index (κ2) is 6.63. The maximum absolute atomic E-state index is 5.96. The largest absolute Gasteiger partial charge is 0.327 e. The Bertz CT molecular complexity index is 530. The van der Waals surface area contributed by atoms with E-state index in [1.165, 1.54) is 17.3 Å². The van der Waals surface area contributed by atoms with Gasteiger partial charge in [-0.15, -0.1) is 0 Å². The Morgan fingerprint density at radius 2 is 2.00 bits per heavy atom. The van der Waals surface area contributed by atoms with Crippen LogP contribution < -0.4 is 5.73 Å². The van der Waals surface area contributed by atoms with Gasteiger partial charge in [-0.2, -0.15) is 0 Å². The van der Waals surface area contributed by atoms with Crippen LogP contribution in [0.15, 0.2) is 40.9 Å². The molecule has 2 heterocycles. The fraction of sp³-hybridized carbons (Fsp3) is 0.357. The highest BCUT2D eigenvalue weighted by Gasteiger charge is 2.07. The van der Waals surface area contributed by atoms with E-state index in [0.29, 0.717) is 0 Å². The third kappa shape index (κ3) is 4.01. The minimum Gasteiger partial charge on any atom is -0.327 e. The summed E-state index contributed by atoms with van der Waals surface area (Å²) in [6, 6.07) is 4.16. The van der Waals surface area contributed by atoms with Gasteiger partial charge in [0.25, 0.3) is 0 Å². The van der Waals surface area contributed by atoms with E-state index in [2.05, 4.69) is 34.9 Å². The van der Waals surface area contributed by atoms with Crippen molar-refractivity contribution in [1.82, 2.24) is 15.0 Å². The molecule has 0 radical (unpaired) electrons. The van der Waals surface area contributed by atoms with Crippen LogP contribution in [0.4, 0.5) is 0 Å². The summed E-state index contributed by atoms with van der Waals surface area (Å²) in [4.78, 5) is 12.9. The molecule has 100 valence electrons. The Morgan fingerprint density at radius 3 is 2.63 bits per heavy atom. The van der Waals surface area contributed by atoms with Gasteiger partial charge in [0.1, 0.15) is 5.03 Å². The number of nitrogens with two attached hydrogens (primary N) is 1. The van der Waals surface area contributed by atoms with Gasteiger partial charge < -0.3 is 5.73 Å². The molecule has 2 rings (SSSR count). The lowest BCUT2D eigenvalue weighted by molar-refractivity contribution is 0.644. The molecule has 19 heavy (non-hydrogen) atoms. The van der Waals surface area contributed by atoms with Crippen molar-refractivity contribution in [2.75, 3.05) is 0 Å². The third-order valence-electron chi connectivity index (χ3n) is 2.84. The first-order chi connectivity index (χ1) is 9.19. The molecule has 2 aromatic rings. The molecule has 0 amide bonds. The number of aromatic nitrogens is 3. The second-order valence-electron chi connectivity index (χ2n) is 4.47. The first-order valence-electron chi connectivity index (χ1n) is 6.35. The first-order valence-corrected chi connectivity index (χ1v) is 7.16. The van der Waals surface area contributed by atoms with Crippen molar-refractivity contribution in [2.45, 2.75) is 42.9 Å². The highest BCUT2D eigenvalue weighted by Crippen LogP contribution is 2.25. The zero-order valence-corrected chi connectivity index (χ0v) is 12.0. The molecule has 0 aromatic carbocycles. The van der Waals surface area contributed by atoms with Crippen LogP contribution >= 0.6 is 11.8 Å². The number of rotatable bonds is 5. The topological polar surface area (TPSA) is 64.7 Å². The summed E-state index contributed by atoms with van der Waals surface area (Å²) in [6.45, 7) is 4.15. The van der Waals surface area contributed by atoms with Gasteiger partial charge in [-0.25, -0.2) is 15.0 Å². The molecule has 0 bridgehead atoms. The third-order valence-corrected chi connectivity index (χ3v) is 3.85. The second-order valence-corrected chi connectivity index (χ2v) is 5.43. The summed E-state index contributed by atoms with van der Waals surface area (Å²) in [6.07, 6.45) is 7.22. The van der Waals surface area contributed by atoms with Gasteiger partial charge in [0.05, 0.1) is 0 Å². The predicted molar refractivity (Wildman–Crippen MR) is 77.1 cm³/mol. The first kappa shape index (κ1) is 14.0. The van der Waals surface area contributed by atoms with Crippen LogP contribution in [0.2, 0.25) is 0 Å². The number of aryl methyl sites for hydroxylation is 1. The molecule has 2 N–H and O–H groups in total. The van der Waals surface area contributed by atoms with E-state index in [9.17, 15) is 0 Å². The van der Waals surface area contributed by atoms with E-state index in [-0.39, 0.29) is 6.04 Å². The van der Waals surface area contributed by atoms with Crippen LogP contribution in [-0.4, -0.2) is 21.0 Å². The molecule has 0 saturated heterocycles. The molecule has 1 atom stereocenters. The molecule has 5 heteroatoms. The molecular formula is C14H18N4S. The monoisotopic (exact) mass is 274 g/mol. The molecule has 1 unspecified atom stereocenters. The molecule has 0 aliphatic carbocycles. The van der Waals surface area contributed by atoms with E-state index in [0.717, 1.165) is 28.6 Å². The van der Waals surface area contributed by atoms with Crippen LogP contribution in [0, 0.1) is 6.92 Å². The van der Waals surface area contributed by atoms with Crippen LogP contribution in [0.3, 0.4) is 0 Å². The maximum atomic E-state index is 5.96. The smallest absolute Gasteiger partial charge is 0.193 e. The fourth-order valence-corrected chi connectivity index (χ4v) is 2.44. The number of hydrogen-bond acceptors (Lipinski definition) is 5. The Morgan fingerprint density at radius 1 is 1.26 bits per heavy atom. The van der Waals surface area contributed by atoms with Gasteiger partial charge in [0, 0.05) is 24.6 Å². The van der Waals surface area contributed by atoms with E-state index >= 15 is 0 Å². The summed E-state index contributed by atoms with van der Waals surface area (Å²) in [5.74, 6) is 0. The van der Waals surface area contributed by atoms with E-state index in [1.807, 2.05) is 6.20 Å². The van der Waals surface area contributed by atoms with Crippen molar-refractivity contribution in [3.05, 3.63) is 41.9 Å². The van der Waals surface area contributed by atoms with Gasteiger partial charge in [0.15, 0.2) is 5.16 Å². The summed E-state index contributed by atoms with van der Waals surface area (Å²) in [5, 5.41) is 1.66. The molecule has 0 saturated carbocycles. The van der Waals surface area contributed by atoms with Crippen molar-refractivity contribution in [1.29, 1.82) is 0 Å². The lowest BCUT2D eigenvalue weighted by Gasteiger charge is -2.10. The molecule has 0 fully saturated rings. The van der Waals surface area contributed by atoms with Crippen LogP contribution in [0.5, 0.6) is 0 Å². The minimum atomic E-state index is 0.206. The highest BCUT2D eigenvalue weighted by atomic mass is 32.2. The van der Waals surface area contributed by atoms with Crippen molar-refractivity contribution in [3.8, 4) is 0 Å². The van der Waals surface area contributed by atoms with Gasteiger partial charge in [0.2, 0.25) is 0 Å². The van der Waals surface area contributed by atoms with Crippen LogP contribution in [-0.2, 0) is 6.42 Å². The number of nitrogens with zero attached hydrogens (tertiary/aromatic N) is 3. The molecule has 0 aliphatic heterocycles. The Kier molecular flexibility index (Phi) is 4.87. The van der Waals surface area contributed by atoms with E-state index in [4.69, 9.17) is 5.73 Å². The zero-order chi connectivity index (χ0) is 13.7. The van der Waals surface area contributed by atoms with Crippen molar-refractivity contribution >= 4 is 11.8 Å². The van der Waals surface area contributed by atoms with Crippen molar-refractivity contribution in [2.24, 2.45) is 5.73 Å². The molecule has 0 aliphatic rings. The Hall–Kier alpha value is -1.46. The average Bonchev–Trinajstić information content (AvgIpc) is 2.43. The highest BCUT2D eigenvalue weighted by molar-refractivity contribution is 7.99. The van der Waals surface area contributed by atoms with E-state index < -0.39 is 0 Å². The van der Waals surface area contributed by atoms with Gasteiger partial charge in [-0.1, -0.05) is 13.0 Å². The molecule has 2 aromatic heterocycles.